The van der Waals surface area contributed by atoms with Gasteiger partial charge in [-0.1, -0.05) is 31.0 Å². The number of benzene rings is 1. The highest BCUT2D eigenvalue weighted by atomic mass is 32.2. The van der Waals surface area contributed by atoms with Crippen LogP contribution in [0.1, 0.15) is 38.5 Å². The summed E-state index contributed by atoms with van der Waals surface area (Å²) in [5, 5.41) is 3.06. The fraction of sp³-hybridized carbons (Fsp3) is 0.632. The molecule has 7 heteroatoms. The number of nitrogens with one attached hydrogen (secondary N) is 1. The van der Waals surface area contributed by atoms with Gasteiger partial charge in [0.1, 0.15) is 6.04 Å². The first-order chi connectivity index (χ1) is 12.4. The van der Waals surface area contributed by atoms with Crippen LogP contribution in [0.5, 0.6) is 0 Å². The maximum absolute atomic E-state index is 12.9. The third kappa shape index (κ3) is 3.66. The predicted molar refractivity (Wildman–Crippen MR) is 101 cm³/mol. The second kappa shape index (κ2) is 7.66. The Morgan fingerprint density at radius 3 is 2.46 bits per heavy atom. The third-order valence-corrected chi connectivity index (χ3v) is 7.85. The van der Waals surface area contributed by atoms with Gasteiger partial charge in [0, 0.05) is 18.6 Å². The van der Waals surface area contributed by atoms with E-state index in [0.29, 0.717) is 25.9 Å². The highest BCUT2D eigenvalue weighted by Gasteiger charge is 2.41. The monoisotopic (exact) mass is 379 g/mol. The minimum Gasteiger partial charge on any atom is -0.353 e. The van der Waals surface area contributed by atoms with Crippen LogP contribution in [0.25, 0.3) is 0 Å². The summed E-state index contributed by atoms with van der Waals surface area (Å²) in [5.74, 6) is -0.171. The number of rotatable bonds is 6. The van der Waals surface area contributed by atoms with E-state index >= 15 is 0 Å². The Hall–Kier alpha value is -1.44. The van der Waals surface area contributed by atoms with Crippen LogP contribution in [-0.2, 0) is 14.8 Å². The molecular formula is C19H29N3O3S. The van der Waals surface area contributed by atoms with E-state index in [1.165, 1.54) is 17.1 Å². The first-order valence-electron chi connectivity index (χ1n) is 9.39. The largest absolute Gasteiger partial charge is 0.353 e. The molecule has 144 valence electrons. The van der Waals surface area contributed by atoms with Gasteiger partial charge in [-0.3, -0.25) is 4.79 Å². The van der Waals surface area contributed by atoms with Crippen LogP contribution in [0.3, 0.4) is 0 Å². The molecule has 6 nitrogen and oxygen atoms in total. The van der Waals surface area contributed by atoms with Crippen LogP contribution in [0.2, 0.25) is 0 Å². The normalized spacial score (nSPS) is 23.4. The minimum absolute atomic E-state index is 0.00258. The maximum Gasteiger partial charge on any atom is 0.243 e. The number of amides is 1. The molecule has 1 atom stereocenters. The second-order valence-electron chi connectivity index (χ2n) is 7.63. The summed E-state index contributed by atoms with van der Waals surface area (Å²) in [6.45, 7) is 0.975. The average molecular weight is 380 g/mol. The third-order valence-electron chi connectivity index (χ3n) is 5.93. The molecule has 0 radical (unpaired) electrons. The molecule has 2 fully saturated rings. The van der Waals surface area contributed by atoms with Crippen LogP contribution in [-0.4, -0.2) is 62.3 Å². The SMILES string of the molecule is CN(C)C1(CNC(=O)[C@@H]2CCCN2S(=O)(=O)c2ccccc2)CCCC1. The van der Waals surface area contributed by atoms with Gasteiger partial charge in [0.25, 0.3) is 0 Å². The second-order valence-corrected chi connectivity index (χ2v) is 9.52. The first kappa shape index (κ1) is 19.3. The van der Waals surface area contributed by atoms with Crippen molar-refractivity contribution >= 4 is 15.9 Å². The predicted octanol–water partition coefficient (Wildman–Crippen LogP) is 1.83. The molecule has 0 bridgehead atoms. The lowest BCUT2D eigenvalue weighted by Crippen LogP contribution is -2.54. The molecule has 26 heavy (non-hydrogen) atoms. The molecule has 1 aromatic rings. The van der Waals surface area contributed by atoms with E-state index in [0.717, 1.165) is 12.8 Å². The lowest BCUT2D eigenvalue weighted by atomic mass is 9.96. The van der Waals surface area contributed by atoms with Crippen molar-refractivity contribution in [1.82, 2.24) is 14.5 Å². The van der Waals surface area contributed by atoms with Crippen molar-refractivity contribution in [3.8, 4) is 0 Å². The zero-order valence-electron chi connectivity index (χ0n) is 15.6. The van der Waals surface area contributed by atoms with Crippen LogP contribution in [0.15, 0.2) is 35.2 Å². The Morgan fingerprint density at radius 2 is 1.85 bits per heavy atom. The Balaban J connectivity index is 1.71. The van der Waals surface area contributed by atoms with Crippen molar-refractivity contribution in [2.75, 3.05) is 27.2 Å². The number of nitrogens with zero attached hydrogens (tertiary/aromatic N) is 2. The molecule has 1 aliphatic heterocycles. The molecule has 0 aromatic heterocycles. The van der Waals surface area contributed by atoms with Gasteiger partial charge >= 0.3 is 0 Å². The summed E-state index contributed by atoms with van der Waals surface area (Å²) in [6, 6.07) is 7.76. The van der Waals surface area contributed by atoms with Gasteiger partial charge in [0.15, 0.2) is 0 Å². The van der Waals surface area contributed by atoms with Gasteiger partial charge in [-0.2, -0.15) is 4.31 Å². The van der Waals surface area contributed by atoms with Gasteiger partial charge in [-0.05, 0) is 51.9 Å². The smallest absolute Gasteiger partial charge is 0.243 e. The van der Waals surface area contributed by atoms with E-state index in [4.69, 9.17) is 0 Å². The van der Waals surface area contributed by atoms with Crippen molar-refractivity contribution < 1.29 is 13.2 Å². The summed E-state index contributed by atoms with van der Waals surface area (Å²) in [6.07, 6.45) is 5.77. The number of likely N-dealkylation sites (N-methyl/N-ethyl adjacent to an activating group) is 1. The topological polar surface area (TPSA) is 69.7 Å². The van der Waals surface area contributed by atoms with Gasteiger partial charge in [-0.25, -0.2) is 8.42 Å². The fourth-order valence-corrected chi connectivity index (χ4v) is 5.88. The molecule has 1 saturated carbocycles. The van der Waals surface area contributed by atoms with E-state index in [1.54, 1.807) is 30.3 Å². The van der Waals surface area contributed by atoms with E-state index < -0.39 is 16.1 Å². The Bertz CT molecular complexity index is 728. The first-order valence-corrected chi connectivity index (χ1v) is 10.8. The van der Waals surface area contributed by atoms with E-state index in [1.807, 2.05) is 0 Å². The highest BCUT2D eigenvalue weighted by molar-refractivity contribution is 7.89. The number of hydrogen-bond acceptors (Lipinski definition) is 4. The van der Waals surface area contributed by atoms with Crippen molar-refractivity contribution in [2.24, 2.45) is 0 Å². The van der Waals surface area contributed by atoms with Crippen LogP contribution < -0.4 is 5.32 Å². The van der Waals surface area contributed by atoms with Gasteiger partial charge in [-0.15, -0.1) is 0 Å². The molecule has 2 aliphatic rings. The molecule has 1 heterocycles. The van der Waals surface area contributed by atoms with Crippen molar-refractivity contribution in [3.05, 3.63) is 30.3 Å². The van der Waals surface area contributed by atoms with Gasteiger partial charge < -0.3 is 10.2 Å². The van der Waals surface area contributed by atoms with Crippen LogP contribution in [0, 0.1) is 0 Å². The Labute approximate surface area is 156 Å². The Kier molecular flexibility index (Phi) is 5.69. The molecule has 0 unspecified atom stereocenters. The van der Waals surface area contributed by atoms with E-state index in [9.17, 15) is 13.2 Å². The fourth-order valence-electron chi connectivity index (χ4n) is 4.20. The van der Waals surface area contributed by atoms with E-state index in [2.05, 4.69) is 24.3 Å². The molecule has 1 N–H and O–H groups in total. The van der Waals surface area contributed by atoms with E-state index in [-0.39, 0.29) is 16.3 Å². The molecule has 0 spiro atoms. The van der Waals surface area contributed by atoms with Crippen molar-refractivity contribution in [3.63, 3.8) is 0 Å². The summed E-state index contributed by atoms with van der Waals surface area (Å²) in [5.41, 5.74) is -0.00258. The van der Waals surface area contributed by atoms with Crippen molar-refractivity contribution in [2.45, 2.75) is 55.0 Å². The molecule has 1 aliphatic carbocycles. The zero-order chi connectivity index (χ0) is 18.8. The summed E-state index contributed by atoms with van der Waals surface area (Å²) < 4.78 is 27.2. The van der Waals surface area contributed by atoms with Crippen LogP contribution >= 0.6 is 0 Å². The molecule has 3 rings (SSSR count). The standard InChI is InChI=1S/C19H29N3O3S/c1-21(2)19(12-6-7-13-19)15-20-18(23)17-11-8-14-22(17)26(24,25)16-9-4-3-5-10-16/h3-5,9-10,17H,6-8,11-15H2,1-2H3,(H,20,23)/t17-/m0/s1. The summed E-state index contributed by atoms with van der Waals surface area (Å²) in [7, 11) is 0.470. The number of carbonyl (C=O) groups is 1. The van der Waals surface area contributed by atoms with Gasteiger partial charge in [0.05, 0.1) is 4.90 Å². The molecule has 1 amide bonds. The van der Waals surface area contributed by atoms with Gasteiger partial charge in [0.2, 0.25) is 15.9 Å². The number of sulfonamides is 1. The molecular weight excluding hydrogens is 350 g/mol. The number of hydrogen-bond donors (Lipinski definition) is 1. The minimum atomic E-state index is -3.64. The molecule has 1 saturated heterocycles. The lowest BCUT2D eigenvalue weighted by Gasteiger charge is -2.37. The van der Waals surface area contributed by atoms with Crippen molar-refractivity contribution in [1.29, 1.82) is 0 Å². The quantitative estimate of drug-likeness (QED) is 0.819. The maximum atomic E-state index is 12.9. The average Bonchev–Trinajstić information content (AvgIpc) is 3.31. The highest BCUT2D eigenvalue weighted by Crippen LogP contribution is 2.33. The molecule has 1 aromatic carbocycles. The Morgan fingerprint density at radius 1 is 1.19 bits per heavy atom. The van der Waals surface area contributed by atoms with Crippen LogP contribution in [0.4, 0.5) is 0 Å². The number of carbonyl (C=O) groups excluding carboxylic acids is 1. The summed E-state index contributed by atoms with van der Waals surface area (Å²) >= 11 is 0. The summed E-state index contributed by atoms with van der Waals surface area (Å²) in [4.78, 5) is 15.3. The zero-order valence-corrected chi connectivity index (χ0v) is 16.5. The lowest BCUT2D eigenvalue weighted by molar-refractivity contribution is -0.124.